The topological polar surface area (TPSA) is 93.6 Å². The van der Waals surface area contributed by atoms with Crippen LogP contribution in [0.3, 0.4) is 0 Å². The lowest BCUT2D eigenvalue weighted by molar-refractivity contribution is 0.117. The van der Waals surface area contributed by atoms with Crippen molar-refractivity contribution in [3.63, 3.8) is 0 Å². The molecule has 238 valence electrons. The highest BCUT2D eigenvalue weighted by Crippen LogP contribution is 2.41. The Morgan fingerprint density at radius 3 is 2.33 bits per heavy atom. The average molecular weight is 613 g/mol. The molecule has 2 aliphatic rings. The van der Waals surface area contributed by atoms with Gasteiger partial charge in [0.1, 0.15) is 28.9 Å². The predicted molar refractivity (Wildman–Crippen MR) is 178 cm³/mol. The molecule has 3 atom stereocenters. The molecule has 0 bridgehead atoms. The van der Waals surface area contributed by atoms with E-state index in [0.717, 1.165) is 43.5 Å². The number of nitriles is 1. The number of hydrogen-bond acceptors (Lipinski definition) is 7. The molecule has 1 aliphatic heterocycles. The van der Waals surface area contributed by atoms with E-state index in [1.54, 1.807) is 19.2 Å². The summed E-state index contributed by atoms with van der Waals surface area (Å²) in [5.41, 5.74) is 4.61. The van der Waals surface area contributed by atoms with Crippen LogP contribution >= 0.6 is 0 Å². The summed E-state index contributed by atoms with van der Waals surface area (Å²) in [7, 11) is 5.77. The molecule has 2 unspecified atom stereocenters. The van der Waals surface area contributed by atoms with E-state index in [9.17, 15) is 14.4 Å². The van der Waals surface area contributed by atoms with Crippen molar-refractivity contribution in [1.82, 2.24) is 24.3 Å². The first kappa shape index (κ1) is 32.3. The van der Waals surface area contributed by atoms with E-state index in [-0.39, 0.29) is 35.3 Å². The van der Waals surface area contributed by atoms with Crippen LogP contribution in [0.15, 0.2) is 57.5 Å². The fourth-order valence-electron chi connectivity index (χ4n) is 6.47. The number of piperazine rings is 1. The molecule has 5 rings (SSSR count). The zero-order valence-corrected chi connectivity index (χ0v) is 27.6. The molecule has 1 saturated carbocycles. The van der Waals surface area contributed by atoms with Gasteiger partial charge in [-0.05, 0) is 68.9 Å². The highest BCUT2D eigenvalue weighted by atomic mass is 19.1. The van der Waals surface area contributed by atoms with Crippen LogP contribution in [0.1, 0.15) is 77.1 Å². The van der Waals surface area contributed by atoms with Gasteiger partial charge in [0.05, 0.1) is 11.6 Å². The van der Waals surface area contributed by atoms with Gasteiger partial charge in [0.15, 0.2) is 5.82 Å². The van der Waals surface area contributed by atoms with Crippen LogP contribution in [0.4, 0.5) is 10.2 Å². The molecular formula is C35H45FN8O. The number of aromatic nitrogens is 3. The zero-order chi connectivity index (χ0) is 32.4. The Bertz CT molecular complexity index is 1700. The molecule has 10 heteroatoms. The van der Waals surface area contributed by atoms with Crippen molar-refractivity contribution in [3.8, 4) is 6.07 Å². The first-order valence-corrected chi connectivity index (χ1v) is 16.1. The van der Waals surface area contributed by atoms with Crippen LogP contribution in [0, 0.1) is 23.1 Å². The highest BCUT2D eigenvalue weighted by Gasteiger charge is 2.41. The number of allylic oxidation sites excluding steroid dienone is 2. The van der Waals surface area contributed by atoms with Crippen LogP contribution in [0.25, 0.3) is 11.0 Å². The number of halogens is 1. The summed E-state index contributed by atoms with van der Waals surface area (Å²) in [6, 6.07) is 12.2. The summed E-state index contributed by atoms with van der Waals surface area (Å²) >= 11 is 0. The van der Waals surface area contributed by atoms with Crippen molar-refractivity contribution in [3.05, 3.63) is 75.2 Å². The van der Waals surface area contributed by atoms with Crippen molar-refractivity contribution in [2.45, 2.75) is 77.9 Å². The summed E-state index contributed by atoms with van der Waals surface area (Å²) < 4.78 is 15.7. The monoisotopic (exact) mass is 612 g/mol. The number of fused-ring (bicyclic) bond motifs is 1. The fraction of sp³-hybridized carbons (Fsp3) is 0.514. The Morgan fingerprint density at radius 2 is 1.76 bits per heavy atom. The molecule has 2 fully saturated rings. The quantitative estimate of drug-likeness (QED) is 0.222. The molecule has 0 spiro atoms. The van der Waals surface area contributed by atoms with Crippen molar-refractivity contribution in [2.24, 2.45) is 18.0 Å². The third kappa shape index (κ3) is 6.50. The van der Waals surface area contributed by atoms with Crippen LogP contribution in [0.2, 0.25) is 0 Å². The second kappa shape index (κ2) is 13.5. The van der Waals surface area contributed by atoms with E-state index in [0.29, 0.717) is 35.9 Å². The first-order chi connectivity index (χ1) is 21.6. The van der Waals surface area contributed by atoms with Gasteiger partial charge in [0.2, 0.25) is 0 Å². The number of rotatable bonds is 9. The standard InChI is InChI=1S/C35H45FN8O/c1-8-22(4)30(23-11-12-23)39-34(41(5)6)32(24-13-15-25(36)16-14-24)43-20-28(10-3)44(21-27(43)9-2)33-31-29(42(7)35(45)40-33)18-17-26(19-37)38-31/h13-18,23,27-28,32H,8-12,20-21H2,1-7H3/b30-22-,39-34?/t27-,28?,32?/m1/s1. The zero-order valence-electron chi connectivity index (χ0n) is 27.6. The Labute approximate surface area is 265 Å². The Hall–Kier alpha value is -4.10. The number of benzene rings is 1. The summed E-state index contributed by atoms with van der Waals surface area (Å²) in [5, 5.41) is 9.61. The normalized spacial score (nSPS) is 20.6. The van der Waals surface area contributed by atoms with E-state index in [2.05, 4.69) is 58.4 Å². The molecule has 2 aromatic heterocycles. The van der Waals surface area contributed by atoms with Crippen molar-refractivity contribution >= 4 is 22.7 Å². The lowest BCUT2D eigenvalue weighted by atomic mass is 9.94. The maximum Gasteiger partial charge on any atom is 0.349 e. The summed E-state index contributed by atoms with van der Waals surface area (Å²) in [5.74, 6) is 1.68. The number of aliphatic imine (C=N–C) groups is 1. The molecule has 1 aliphatic carbocycles. The lowest BCUT2D eigenvalue weighted by Gasteiger charge is -2.50. The van der Waals surface area contributed by atoms with Gasteiger partial charge in [0, 0.05) is 57.9 Å². The number of hydrogen-bond donors (Lipinski definition) is 0. The Balaban J connectivity index is 1.64. The second-order valence-electron chi connectivity index (χ2n) is 12.5. The molecule has 3 heterocycles. The molecule has 45 heavy (non-hydrogen) atoms. The first-order valence-electron chi connectivity index (χ1n) is 16.1. The SMILES string of the molecule is CC/C(C)=C(\N=C(C(c1ccc(F)cc1)N1CC(CC)N(c2nc(=O)n(C)c3ccc(C#N)nc23)C[C@H]1CC)N(C)C)C1CC1. The van der Waals surface area contributed by atoms with E-state index < -0.39 is 0 Å². The van der Waals surface area contributed by atoms with Gasteiger partial charge in [-0.3, -0.25) is 9.47 Å². The van der Waals surface area contributed by atoms with Crippen LogP contribution < -0.4 is 10.6 Å². The third-order valence-electron chi connectivity index (χ3n) is 9.39. The van der Waals surface area contributed by atoms with E-state index >= 15 is 0 Å². The van der Waals surface area contributed by atoms with Crippen molar-refractivity contribution in [1.29, 1.82) is 5.26 Å². The predicted octanol–water partition coefficient (Wildman–Crippen LogP) is 5.81. The van der Waals surface area contributed by atoms with E-state index in [4.69, 9.17) is 4.99 Å². The van der Waals surface area contributed by atoms with Crippen molar-refractivity contribution < 1.29 is 4.39 Å². The third-order valence-corrected chi connectivity index (χ3v) is 9.39. The molecule has 3 aromatic rings. The molecular weight excluding hydrogens is 567 g/mol. The Morgan fingerprint density at radius 1 is 1.07 bits per heavy atom. The smallest absolute Gasteiger partial charge is 0.349 e. The van der Waals surface area contributed by atoms with Gasteiger partial charge in [0.25, 0.3) is 0 Å². The number of amidine groups is 1. The van der Waals surface area contributed by atoms with Crippen molar-refractivity contribution in [2.75, 3.05) is 32.1 Å². The van der Waals surface area contributed by atoms with Gasteiger partial charge >= 0.3 is 5.69 Å². The second-order valence-corrected chi connectivity index (χ2v) is 12.5. The van der Waals surface area contributed by atoms with E-state index in [1.807, 2.05) is 26.2 Å². The number of pyridine rings is 1. The number of nitrogens with zero attached hydrogens (tertiary/aromatic N) is 8. The minimum atomic E-state index is -0.355. The minimum Gasteiger partial charge on any atom is -0.365 e. The molecule has 0 amide bonds. The van der Waals surface area contributed by atoms with Crippen LogP contribution in [0.5, 0.6) is 0 Å². The van der Waals surface area contributed by atoms with Gasteiger partial charge in [-0.15, -0.1) is 0 Å². The maximum absolute atomic E-state index is 14.2. The average Bonchev–Trinajstić information content (AvgIpc) is 3.89. The maximum atomic E-state index is 14.2. The molecule has 0 radical (unpaired) electrons. The number of aryl methyl sites for hydroxylation is 1. The minimum absolute atomic E-state index is 0.00494. The van der Waals surface area contributed by atoms with E-state index in [1.165, 1.54) is 28.0 Å². The molecule has 1 aromatic carbocycles. The molecule has 0 N–H and O–H groups in total. The van der Waals surface area contributed by atoms with Gasteiger partial charge in [-0.1, -0.05) is 38.5 Å². The molecule has 1 saturated heterocycles. The van der Waals surface area contributed by atoms with Gasteiger partial charge < -0.3 is 9.80 Å². The van der Waals surface area contributed by atoms with Crippen LogP contribution in [-0.4, -0.2) is 69.4 Å². The van der Waals surface area contributed by atoms with Crippen LogP contribution in [-0.2, 0) is 7.05 Å². The van der Waals surface area contributed by atoms with Gasteiger partial charge in [-0.2, -0.15) is 10.2 Å². The van der Waals surface area contributed by atoms with Gasteiger partial charge in [-0.25, -0.2) is 19.2 Å². The molecule has 9 nitrogen and oxygen atoms in total. The fourth-order valence-corrected chi connectivity index (χ4v) is 6.47. The largest absolute Gasteiger partial charge is 0.365 e. The lowest BCUT2D eigenvalue weighted by Crippen LogP contribution is -2.61. The number of likely N-dealkylation sites (N-methyl/N-ethyl adjacent to an activating group) is 1. The number of anilines is 1. The summed E-state index contributed by atoms with van der Waals surface area (Å²) in [6.07, 6.45) is 4.90. The summed E-state index contributed by atoms with van der Waals surface area (Å²) in [6.45, 7) is 9.98. The highest BCUT2D eigenvalue weighted by molar-refractivity contribution is 5.90. The summed E-state index contributed by atoms with van der Waals surface area (Å²) in [4.78, 5) is 34.5. The Kier molecular flexibility index (Phi) is 9.68.